The fourth-order valence-electron chi connectivity index (χ4n) is 2.65. The number of methoxy groups -OCH3 is 3. The zero-order valence-electron chi connectivity index (χ0n) is 16.3. The maximum absolute atomic E-state index is 12.2. The lowest BCUT2D eigenvalue weighted by molar-refractivity contribution is -0.132. The van der Waals surface area contributed by atoms with E-state index in [0.717, 1.165) is 0 Å². The van der Waals surface area contributed by atoms with Crippen LogP contribution < -0.4 is 18.9 Å². The molecule has 3 rings (SSSR count). The molecule has 2 aromatic rings. The van der Waals surface area contributed by atoms with Crippen LogP contribution in [0.15, 0.2) is 47.1 Å². The Bertz CT molecular complexity index is 981. The van der Waals surface area contributed by atoms with Gasteiger partial charge in [-0.05, 0) is 48.0 Å². The van der Waals surface area contributed by atoms with Crippen molar-refractivity contribution in [1.82, 2.24) is 0 Å². The van der Waals surface area contributed by atoms with Gasteiger partial charge in [-0.1, -0.05) is 0 Å². The molecule has 0 amide bonds. The van der Waals surface area contributed by atoms with Crippen LogP contribution in [-0.2, 0) is 14.3 Å². The molecular weight excluding hydrogens is 378 g/mol. The van der Waals surface area contributed by atoms with Crippen LogP contribution in [0.25, 0.3) is 6.08 Å². The summed E-state index contributed by atoms with van der Waals surface area (Å²) in [6.07, 6.45) is 1.53. The molecule has 150 valence electrons. The number of hydrogen-bond donors (Lipinski definition) is 0. The van der Waals surface area contributed by atoms with Crippen molar-refractivity contribution < 1.29 is 33.3 Å². The van der Waals surface area contributed by atoms with E-state index in [-0.39, 0.29) is 28.8 Å². The Labute approximate surface area is 167 Å². The molecule has 0 aliphatic carbocycles. The number of aliphatic imine (C=N–C) groups is 1. The second kappa shape index (κ2) is 8.47. The summed E-state index contributed by atoms with van der Waals surface area (Å²) in [7, 11) is 4.43. The number of cyclic esters (lactones) is 1. The molecule has 0 radical (unpaired) electrons. The van der Waals surface area contributed by atoms with Gasteiger partial charge in [0.15, 0.2) is 17.2 Å². The Morgan fingerprint density at radius 1 is 1.00 bits per heavy atom. The van der Waals surface area contributed by atoms with Gasteiger partial charge in [-0.15, -0.1) is 0 Å². The van der Waals surface area contributed by atoms with Gasteiger partial charge < -0.3 is 23.7 Å². The first kappa shape index (κ1) is 19.9. The SMILES string of the molecule is COc1ccc(C2=N/C(=C\c3cc(OC)c(OC(C)=O)c(OC)c3)C(=O)O2)cc1. The number of ether oxygens (including phenoxy) is 5. The van der Waals surface area contributed by atoms with Crippen LogP contribution in [0.4, 0.5) is 0 Å². The Balaban J connectivity index is 1.96. The third-order valence-electron chi connectivity index (χ3n) is 3.99. The van der Waals surface area contributed by atoms with Crippen LogP contribution in [0.5, 0.6) is 23.0 Å². The van der Waals surface area contributed by atoms with Gasteiger partial charge in [0.05, 0.1) is 21.3 Å². The average Bonchev–Trinajstić information content (AvgIpc) is 3.08. The summed E-state index contributed by atoms with van der Waals surface area (Å²) in [5.74, 6) is 0.481. The molecule has 8 heteroatoms. The Morgan fingerprint density at radius 2 is 1.62 bits per heavy atom. The van der Waals surface area contributed by atoms with Crippen LogP contribution in [0.2, 0.25) is 0 Å². The van der Waals surface area contributed by atoms with Crippen molar-refractivity contribution >= 4 is 23.9 Å². The highest BCUT2D eigenvalue weighted by Crippen LogP contribution is 2.39. The summed E-state index contributed by atoms with van der Waals surface area (Å²) >= 11 is 0. The molecule has 29 heavy (non-hydrogen) atoms. The van der Waals surface area contributed by atoms with Crippen LogP contribution >= 0.6 is 0 Å². The van der Waals surface area contributed by atoms with E-state index in [1.54, 1.807) is 43.5 Å². The maximum atomic E-state index is 12.2. The lowest BCUT2D eigenvalue weighted by atomic mass is 10.1. The van der Waals surface area contributed by atoms with Crippen molar-refractivity contribution in [2.24, 2.45) is 4.99 Å². The number of carbonyl (C=O) groups excluding carboxylic acids is 2. The van der Waals surface area contributed by atoms with Crippen molar-refractivity contribution in [2.45, 2.75) is 6.92 Å². The molecule has 0 saturated carbocycles. The zero-order chi connectivity index (χ0) is 21.0. The number of carbonyl (C=O) groups is 2. The van der Waals surface area contributed by atoms with E-state index in [1.807, 2.05) is 0 Å². The summed E-state index contributed by atoms with van der Waals surface area (Å²) in [5, 5.41) is 0. The van der Waals surface area contributed by atoms with E-state index in [0.29, 0.717) is 16.9 Å². The van der Waals surface area contributed by atoms with Crippen molar-refractivity contribution in [1.29, 1.82) is 0 Å². The molecule has 1 aliphatic rings. The van der Waals surface area contributed by atoms with Gasteiger partial charge in [0, 0.05) is 12.5 Å². The van der Waals surface area contributed by atoms with Gasteiger partial charge in [-0.25, -0.2) is 9.79 Å². The Kier molecular flexibility index (Phi) is 5.82. The standard InChI is InChI=1S/C21H19NO7/c1-12(23)28-19-17(26-3)10-13(11-18(19)27-4)9-16-21(24)29-20(22-16)14-5-7-15(25-2)8-6-14/h5-11H,1-4H3/b16-9-. The predicted molar refractivity (Wildman–Crippen MR) is 104 cm³/mol. The van der Waals surface area contributed by atoms with Gasteiger partial charge in [0.25, 0.3) is 0 Å². The highest BCUT2D eigenvalue weighted by Gasteiger charge is 2.25. The second-order valence-corrected chi connectivity index (χ2v) is 5.91. The molecule has 0 spiro atoms. The topological polar surface area (TPSA) is 92.6 Å². The van der Waals surface area contributed by atoms with Crippen LogP contribution in [-0.4, -0.2) is 39.2 Å². The Morgan fingerprint density at radius 3 is 2.14 bits per heavy atom. The van der Waals surface area contributed by atoms with Gasteiger partial charge in [-0.2, -0.15) is 0 Å². The van der Waals surface area contributed by atoms with Crippen LogP contribution in [0.1, 0.15) is 18.1 Å². The monoisotopic (exact) mass is 397 g/mol. The molecule has 0 atom stereocenters. The number of rotatable bonds is 6. The summed E-state index contributed by atoms with van der Waals surface area (Å²) in [6.45, 7) is 1.28. The summed E-state index contributed by atoms with van der Waals surface area (Å²) < 4.78 is 26.1. The molecule has 0 unspecified atom stereocenters. The third-order valence-corrected chi connectivity index (χ3v) is 3.99. The first-order chi connectivity index (χ1) is 13.9. The molecule has 0 bridgehead atoms. The highest BCUT2D eigenvalue weighted by molar-refractivity contribution is 6.12. The van der Waals surface area contributed by atoms with Crippen LogP contribution in [0.3, 0.4) is 0 Å². The molecule has 8 nitrogen and oxygen atoms in total. The van der Waals surface area contributed by atoms with Gasteiger partial charge >= 0.3 is 11.9 Å². The molecule has 0 fully saturated rings. The van der Waals surface area contributed by atoms with Gasteiger partial charge in [0.1, 0.15) is 5.75 Å². The van der Waals surface area contributed by atoms with E-state index in [1.165, 1.54) is 27.2 Å². The molecular formula is C21H19NO7. The fourth-order valence-corrected chi connectivity index (χ4v) is 2.65. The predicted octanol–water partition coefficient (Wildman–Crippen LogP) is 2.98. The normalized spacial score (nSPS) is 14.3. The number of esters is 2. The van der Waals surface area contributed by atoms with E-state index in [9.17, 15) is 9.59 Å². The largest absolute Gasteiger partial charge is 0.497 e. The molecule has 2 aromatic carbocycles. The summed E-state index contributed by atoms with van der Waals surface area (Å²) in [5.41, 5.74) is 1.31. The average molecular weight is 397 g/mol. The third kappa shape index (κ3) is 4.37. The minimum absolute atomic E-state index is 0.111. The Hall–Kier alpha value is -3.81. The van der Waals surface area contributed by atoms with E-state index < -0.39 is 11.9 Å². The molecule has 0 saturated heterocycles. The fraction of sp³-hybridized carbons (Fsp3) is 0.190. The quantitative estimate of drug-likeness (QED) is 0.420. The number of benzene rings is 2. The molecule has 0 aromatic heterocycles. The molecule has 1 aliphatic heterocycles. The van der Waals surface area contributed by atoms with Crippen molar-refractivity contribution in [3.63, 3.8) is 0 Å². The number of hydrogen-bond acceptors (Lipinski definition) is 8. The summed E-state index contributed by atoms with van der Waals surface area (Å²) in [4.78, 5) is 27.9. The first-order valence-corrected chi connectivity index (χ1v) is 8.56. The van der Waals surface area contributed by atoms with E-state index in [4.69, 9.17) is 23.7 Å². The lowest BCUT2D eigenvalue weighted by Crippen LogP contribution is -2.06. The zero-order valence-corrected chi connectivity index (χ0v) is 16.3. The van der Waals surface area contributed by atoms with Crippen molar-refractivity contribution in [3.05, 3.63) is 53.2 Å². The van der Waals surface area contributed by atoms with E-state index >= 15 is 0 Å². The van der Waals surface area contributed by atoms with E-state index in [2.05, 4.69) is 4.99 Å². The first-order valence-electron chi connectivity index (χ1n) is 8.56. The van der Waals surface area contributed by atoms with Crippen LogP contribution in [0, 0.1) is 0 Å². The maximum Gasteiger partial charge on any atom is 0.363 e. The smallest absolute Gasteiger partial charge is 0.363 e. The van der Waals surface area contributed by atoms with Crippen molar-refractivity contribution in [2.75, 3.05) is 21.3 Å². The van der Waals surface area contributed by atoms with Gasteiger partial charge in [0.2, 0.25) is 11.6 Å². The molecule has 0 N–H and O–H groups in total. The van der Waals surface area contributed by atoms with Crippen molar-refractivity contribution in [3.8, 4) is 23.0 Å². The highest BCUT2D eigenvalue weighted by atomic mass is 16.6. The van der Waals surface area contributed by atoms with Gasteiger partial charge in [-0.3, -0.25) is 4.79 Å². The minimum atomic E-state index is -0.585. The lowest BCUT2D eigenvalue weighted by Gasteiger charge is -2.13. The molecule has 1 heterocycles. The summed E-state index contributed by atoms with van der Waals surface area (Å²) in [6, 6.07) is 10.2. The minimum Gasteiger partial charge on any atom is -0.497 e. The second-order valence-electron chi connectivity index (χ2n) is 5.91. The number of nitrogens with zero attached hydrogens (tertiary/aromatic N) is 1.